The Morgan fingerprint density at radius 2 is 2.24 bits per heavy atom. The minimum Gasteiger partial charge on any atom is -0.449 e. The topological polar surface area (TPSA) is 88.5 Å². The van der Waals surface area contributed by atoms with E-state index < -0.39 is 0 Å². The zero-order valence-electron chi connectivity index (χ0n) is 14.3. The van der Waals surface area contributed by atoms with Gasteiger partial charge in [0.15, 0.2) is 0 Å². The molecular weight excluding hydrogens is 322 g/mol. The van der Waals surface area contributed by atoms with Crippen LogP contribution in [0.3, 0.4) is 0 Å². The van der Waals surface area contributed by atoms with Crippen molar-refractivity contribution in [2.75, 3.05) is 31.6 Å². The molecule has 25 heavy (non-hydrogen) atoms. The summed E-state index contributed by atoms with van der Waals surface area (Å²) in [5.74, 6) is 0. The minimum atomic E-state index is -0.318. The number of amides is 3. The molecule has 1 saturated heterocycles. The van der Waals surface area contributed by atoms with E-state index in [4.69, 9.17) is 4.74 Å². The van der Waals surface area contributed by atoms with Gasteiger partial charge in [0.1, 0.15) is 0 Å². The quantitative estimate of drug-likeness (QED) is 0.841. The summed E-state index contributed by atoms with van der Waals surface area (Å²) in [4.78, 5) is 29.5. The molecule has 2 heterocycles. The van der Waals surface area contributed by atoms with Crippen LogP contribution in [0.2, 0.25) is 0 Å². The highest BCUT2D eigenvalue weighted by molar-refractivity contribution is 5.91. The van der Waals surface area contributed by atoms with Crippen molar-refractivity contribution in [3.8, 4) is 0 Å². The summed E-state index contributed by atoms with van der Waals surface area (Å²) in [6.07, 6.45) is 3.36. The second-order valence-electron chi connectivity index (χ2n) is 5.98. The number of anilines is 1. The first-order valence-corrected chi connectivity index (χ1v) is 8.59. The van der Waals surface area contributed by atoms with E-state index in [1.165, 1.54) is 0 Å². The van der Waals surface area contributed by atoms with Crippen molar-refractivity contribution in [3.63, 3.8) is 0 Å². The van der Waals surface area contributed by atoms with Crippen molar-refractivity contribution >= 4 is 28.8 Å². The maximum absolute atomic E-state index is 12.0. The van der Waals surface area contributed by atoms with Crippen LogP contribution in [0.25, 0.3) is 11.0 Å². The average molecular weight is 345 g/mol. The number of benzene rings is 1. The molecule has 0 unspecified atom stereocenters. The molecule has 0 radical (unpaired) electrons. The molecule has 0 aliphatic carbocycles. The number of hydrogen-bond donors (Lipinski definition) is 2. The molecule has 3 amide bonds. The SMILES string of the molecule is CCCn1cnc2cc(NC(=O)NCCN3CCCOC3=O)ccc21. The number of aryl methyl sites for hydroxylation is 1. The predicted octanol–water partition coefficient (Wildman–Crippen LogP) is 2.41. The Labute approximate surface area is 146 Å². The van der Waals surface area contributed by atoms with Crippen LogP contribution in [-0.4, -0.2) is 52.8 Å². The Morgan fingerprint density at radius 3 is 3.04 bits per heavy atom. The summed E-state index contributed by atoms with van der Waals surface area (Å²) in [7, 11) is 0. The van der Waals surface area contributed by atoms with Crippen LogP contribution in [0.5, 0.6) is 0 Å². The number of carbonyl (C=O) groups is 2. The summed E-state index contributed by atoms with van der Waals surface area (Å²) in [5, 5.41) is 5.54. The lowest BCUT2D eigenvalue weighted by atomic mass is 10.2. The molecule has 1 fully saturated rings. The van der Waals surface area contributed by atoms with E-state index in [0.717, 1.165) is 30.4 Å². The fourth-order valence-electron chi connectivity index (χ4n) is 2.84. The Morgan fingerprint density at radius 1 is 1.36 bits per heavy atom. The van der Waals surface area contributed by atoms with Crippen LogP contribution in [0.4, 0.5) is 15.3 Å². The van der Waals surface area contributed by atoms with Crippen LogP contribution in [0.1, 0.15) is 19.8 Å². The van der Waals surface area contributed by atoms with Gasteiger partial charge in [0.05, 0.1) is 24.0 Å². The van der Waals surface area contributed by atoms with Gasteiger partial charge in [0, 0.05) is 31.9 Å². The standard InChI is InChI=1S/C17H23N5O3/c1-2-7-22-12-19-14-11-13(4-5-15(14)22)20-16(23)18-6-9-21-8-3-10-25-17(21)24/h4-5,11-12H,2-3,6-10H2,1H3,(H2,18,20,23). The van der Waals surface area contributed by atoms with Gasteiger partial charge in [-0.3, -0.25) is 0 Å². The van der Waals surface area contributed by atoms with Gasteiger partial charge < -0.3 is 24.8 Å². The van der Waals surface area contributed by atoms with E-state index in [1.807, 2.05) is 24.5 Å². The number of urea groups is 1. The highest BCUT2D eigenvalue weighted by Gasteiger charge is 2.18. The van der Waals surface area contributed by atoms with Gasteiger partial charge in [0.2, 0.25) is 0 Å². The summed E-state index contributed by atoms with van der Waals surface area (Å²) in [6.45, 7) is 4.98. The monoisotopic (exact) mass is 345 g/mol. The van der Waals surface area contributed by atoms with Gasteiger partial charge in [-0.15, -0.1) is 0 Å². The largest absolute Gasteiger partial charge is 0.449 e. The molecule has 1 aliphatic heterocycles. The first-order chi connectivity index (χ1) is 12.2. The minimum absolute atomic E-state index is 0.308. The van der Waals surface area contributed by atoms with E-state index >= 15 is 0 Å². The maximum Gasteiger partial charge on any atom is 0.409 e. The van der Waals surface area contributed by atoms with Gasteiger partial charge >= 0.3 is 12.1 Å². The average Bonchev–Trinajstić information content (AvgIpc) is 2.99. The number of cyclic esters (lactones) is 1. The molecule has 8 nitrogen and oxygen atoms in total. The fourth-order valence-corrected chi connectivity index (χ4v) is 2.84. The van der Waals surface area contributed by atoms with Crippen molar-refractivity contribution in [1.29, 1.82) is 0 Å². The number of carbonyl (C=O) groups excluding carboxylic acids is 2. The first-order valence-electron chi connectivity index (χ1n) is 8.59. The molecule has 2 N–H and O–H groups in total. The van der Waals surface area contributed by atoms with Gasteiger partial charge in [-0.05, 0) is 31.0 Å². The van der Waals surface area contributed by atoms with Crippen LogP contribution in [-0.2, 0) is 11.3 Å². The summed E-state index contributed by atoms with van der Waals surface area (Å²) < 4.78 is 7.05. The predicted molar refractivity (Wildman–Crippen MR) is 94.6 cm³/mol. The molecule has 1 aromatic heterocycles. The molecule has 1 aliphatic rings. The number of fused-ring (bicyclic) bond motifs is 1. The van der Waals surface area contributed by atoms with Crippen molar-refractivity contribution in [1.82, 2.24) is 19.8 Å². The van der Waals surface area contributed by atoms with Crippen molar-refractivity contribution < 1.29 is 14.3 Å². The first kappa shape index (κ1) is 17.1. The second kappa shape index (κ2) is 7.87. The zero-order valence-corrected chi connectivity index (χ0v) is 14.3. The summed E-state index contributed by atoms with van der Waals surface area (Å²) in [5.41, 5.74) is 2.59. The zero-order chi connectivity index (χ0) is 17.6. The molecule has 0 spiro atoms. The third-order valence-electron chi connectivity index (χ3n) is 4.07. The van der Waals surface area contributed by atoms with Crippen LogP contribution < -0.4 is 10.6 Å². The summed E-state index contributed by atoms with van der Waals surface area (Å²) in [6, 6.07) is 5.36. The number of ether oxygens (including phenoxy) is 1. The van der Waals surface area contributed by atoms with Crippen LogP contribution in [0.15, 0.2) is 24.5 Å². The number of nitrogens with one attached hydrogen (secondary N) is 2. The normalized spacial score (nSPS) is 14.4. The number of rotatable bonds is 6. The van der Waals surface area contributed by atoms with E-state index in [2.05, 4.69) is 27.1 Å². The van der Waals surface area contributed by atoms with Gasteiger partial charge in [-0.1, -0.05) is 6.92 Å². The molecule has 8 heteroatoms. The number of aromatic nitrogens is 2. The van der Waals surface area contributed by atoms with Crippen molar-refractivity contribution in [2.45, 2.75) is 26.3 Å². The molecule has 0 bridgehead atoms. The van der Waals surface area contributed by atoms with Gasteiger partial charge in [0.25, 0.3) is 0 Å². The fraction of sp³-hybridized carbons (Fsp3) is 0.471. The highest BCUT2D eigenvalue weighted by atomic mass is 16.6. The van der Waals surface area contributed by atoms with Crippen molar-refractivity contribution in [2.24, 2.45) is 0 Å². The molecule has 2 aromatic rings. The van der Waals surface area contributed by atoms with E-state index in [1.54, 1.807) is 4.90 Å². The second-order valence-corrected chi connectivity index (χ2v) is 5.98. The summed E-state index contributed by atoms with van der Waals surface area (Å²) >= 11 is 0. The van der Waals surface area contributed by atoms with Gasteiger partial charge in [-0.25, -0.2) is 14.6 Å². The molecule has 1 aromatic carbocycles. The molecule has 134 valence electrons. The lowest BCUT2D eigenvalue weighted by molar-refractivity contribution is 0.0736. The van der Waals surface area contributed by atoms with Gasteiger partial charge in [-0.2, -0.15) is 0 Å². The molecular formula is C17H23N5O3. The third kappa shape index (κ3) is 4.20. The number of hydrogen-bond acceptors (Lipinski definition) is 4. The Kier molecular flexibility index (Phi) is 5.37. The number of nitrogens with zero attached hydrogens (tertiary/aromatic N) is 3. The van der Waals surface area contributed by atoms with E-state index in [9.17, 15) is 9.59 Å². The Balaban J connectivity index is 1.50. The van der Waals surface area contributed by atoms with E-state index in [-0.39, 0.29) is 12.1 Å². The van der Waals surface area contributed by atoms with Crippen LogP contribution in [0, 0.1) is 0 Å². The third-order valence-corrected chi connectivity index (χ3v) is 4.07. The Hall–Kier alpha value is -2.77. The maximum atomic E-state index is 12.0. The smallest absolute Gasteiger partial charge is 0.409 e. The Bertz CT molecular complexity index is 758. The van der Waals surface area contributed by atoms with Crippen molar-refractivity contribution in [3.05, 3.63) is 24.5 Å². The lowest BCUT2D eigenvalue weighted by Crippen LogP contribution is -2.43. The number of imidazole rings is 1. The lowest BCUT2D eigenvalue weighted by Gasteiger charge is -2.26. The van der Waals surface area contributed by atoms with E-state index in [0.29, 0.717) is 31.9 Å². The van der Waals surface area contributed by atoms with Crippen LogP contribution >= 0.6 is 0 Å². The molecule has 0 saturated carbocycles. The highest BCUT2D eigenvalue weighted by Crippen LogP contribution is 2.18. The molecule has 0 atom stereocenters. The molecule has 3 rings (SSSR count).